The highest BCUT2D eigenvalue weighted by Gasteiger charge is 2.25. The second-order valence-corrected chi connectivity index (χ2v) is 3.82. The molecular weight excluding hydrogens is 152 g/mol. The second kappa shape index (κ2) is 4.83. The summed E-state index contributed by atoms with van der Waals surface area (Å²) >= 11 is 0. The van der Waals surface area contributed by atoms with Gasteiger partial charge in [-0.25, -0.2) is 0 Å². The second-order valence-electron chi connectivity index (χ2n) is 3.82. The number of ether oxygens (including phenoxy) is 1. The predicted octanol–water partition coefficient (Wildman–Crippen LogP) is 2.17. The van der Waals surface area contributed by atoms with Crippen LogP contribution in [0, 0.1) is 11.8 Å². The molecule has 0 heterocycles. The van der Waals surface area contributed by atoms with Crippen molar-refractivity contribution in [1.29, 1.82) is 0 Å². The summed E-state index contributed by atoms with van der Waals surface area (Å²) in [4.78, 5) is 0. The van der Waals surface area contributed by atoms with Gasteiger partial charge < -0.3 is 9.84 Å². The smallest absolute Gasteiger partial charge is 0.156 e. The zero-order chi connectivity index (χ0) is 8.97. The molecule has 0 bridgehead atoms. The highest BCUT2D eigenvalue weighted by atomic mass is 16.6. The first-order valence-electron chi connectivity index (χ1n) is 4.98. The summed E-state index contributed by atoms with van der Waals surface area (Å²) in [5.74, 6) is 1.28. The van der Waals surface area contributed by atoms with Crippen molar-refractivity contribution < 1.29 is 9.84 Å². The first-order valence-corrected chi connectivity index (χ1v) is 4.98. The van der Waals surface area contributed by atoms with Crippen LogP contribution >= 0.6 is 0 Å². The number of aliphatic hydroxyl groups is 1. The molecule has 1 aliphatic rings. The summed E-state index contributed by atoms with van der Waals surface area (Å²) in [5, 5.41) is 9.42. The van der Waals surface area contributed by atoms with Crippen molar-refractivity contribution in [2.75, 3.05) is 7.11 Å². The molecule has 0 aliphatic heterocycles. The molecule has 0 amide bonds. The van der Waals surface area contributed by atoms with Gasteiger partial charge in [-0.1, -0.05) is 26.2 Å². The molecule has 12 heavy (non-hydrogen) atoms. The number of aliphatic hydroxyl groups excluding tert-OH is 1. The van der Waals surface area contributed by atoms with Crippen molar-refractivity contribution >= 4 is 0 Å². The van der Waals surface area contributed by atoms with E-state index in [0.29, 0.717) is 5.92 Å². The van der Waals surface area contributed by atoms with Crippen molar-refractivity contribution in [2.45, 2.75) is 45.3 Å². The molecule has 0 spiro atoms. The Hall–Kier alpha value is -0.0800. The monoisotopic (exact) mass is 172 g/mol. The van der Waals surface area contributed by atoms with Crippen LogP contribution in [-0.2, 0) is 4.74 Å². The van der Waals surface area contributed by atoms with Crippen molar-refractivity contribution in [3.8, 4) is 0 Å². The molecule has 0 aromatic carbocycles. The van der Waals surface area contributed by atoms with E-state index in [2.05, 4.69) is 6.92 Å². The van der Waals surface area contributed by atoms with Gasteiger partial charge in [0.2, 0.25) is 0 Å². The number of rotatable bonds is 3. The standard InChI is InChI=1S/C10H20O2/c1-3-8-4-6-9(7-5-8)10(11)12-2/h8-11H,3-7H2,1-2H3/t8-,9-,10?. The van der Waals surface area contributed by atoms with E-state index >= 15 is 0 Å². The first-order chi connectivity index (χ1) is 5.77. The Morgan fingerprint density at radius 3 is 2.33 bits per heavy atom. The third-order valence-corrected chi connectivity index (χ3v) is 3.11. The lowest BCUT2D eigenvalue weighted by molar-refractivity contribution is -0.122. The minimum Gasteiger partial charge on any atom is -0.368 e. The molecule has 1 N–H and O–H groups in total. The normalized spacial score (nSPS) is 33.2. The highest BCUT2D eigenvalue weighted by molar-refractivity contribution is 4.73. The molecule has 1 rings (SSSR count). The lowest BCUT2D eigenvalue weighted by atomic mass is 9.80. The molecule has 2 nitrogen and oxygen atoms in total. The Kier molecular flexibility index (Phi) is 4.02. The number of methoxy groups -OCH3 is 1. The molecule has 1 aliphatic carbocycles. The van der Waals surface area contributed by atoms with E-state index in [-0.39, 0.29) is 0 Å². The zero-order valence-electron chi connectivity index (χ0n) is 8.12. The fourth-order valence-electron chi connectivity index (χ4n) is 2.07. The molecule has 1 saturated carbocycles. The molecule has 0 aromatic heterocycles. The topological polar surface area (TPSA) is 29.5 Å². The van der Waals surface area contributed by atoms with Gasteiger partial charge in [0.05, 0.1) is 0 Å². The summed E-state index contributed by atoms with van der Waals surface area (Å²) in [6.07, 6.45) is 5.56. The summed E-state index contributed by atoms with van der Waals surface area (Å²) in [7, 11) is 1.58. The van der Waals surface area contributed by atoms with Crippen molar-refractivity contribution in [3.05, 3.63) is 0 Å². The van der Waals surface area contributed by atoms with Crippen LogP contribution in [0.25, 0.3) is 0 Å². The summed E-state index contributed by atoms with van der Waals surface area (Å²) in [5.41, 5.74) is 0. The number of hydrogen-bond acceptors (Lipinski definition) is 2. The van der Waals surface area contributed by atoms with Gasteiger partial charge in [-0.3, -0.25) is 0 Å². The van der Waals surface area contributed by atoms with E-state index < -0.39 is 6.29 Å². The van der Waals surface area contributed by atoms with Crippen molar-refractivity contribution in [2.24, 2.45) is 11.8 Å². The molecule has 1 unspecified atom stereocenters. The maximum absolute atomic E-state index is 9.42. The largest absolute Gasteiger partial charge is 0.368 e. The van der Waals surface area contributed by atoms with Crippen LogP contribution < -0.4 is 0 Å². The van der Waals surface area contributed by atoms with Crippen LogP contribution in [0.3, 0.4) is 0 Å². The molecule has 1 atom stereocenters. The molecule has 0 saturated heterocycles. The minimum atomic E-state index is -0.525. The molecule has 0 radical (unpaired) electrons. The van der Waals surface area contributed by atoms with E-state index in [4.69, 9.17) is 4.74 Å². The van der Waals surface area contributed by atoms with Gasteiger partial charge in [-0.05, 0) is 18.8 Å². The quantitative estimate of drug-likeness (QED) is 0.661. The van der Waals surface area contributed by atoms with E-state index in [1.165, 1.54) is 19.3 Å². The molecule has 2 heteroatoms. The molecule has 0 aromatic rings. The lowest BCUT2D eigenvalue weighted by Crippen LogP contribution is -2.26. The van der Waals surface area contributed by atoms with Crippen LogP contribution in [0.1, 0.15) is 39.0 Å². The van der Waals surface area contributed by atoms with Gasteiger partial charge in [0.15, 0.2) is 6.29 Å². The Balaban J connectivity index is 2.25. The van der Waals surface area contributed by atoms with Crippen molar-refractivity contribution in [3.63, 3.8) is 0 Å². The van der Waals surface area contributed by atoms with Gasteiger partial charge >= 0.3 is 0 Å². The maximum atomic E-state index is 9.42. The third kappa shape index (κ3) is 2.46. The van der Waals surface area contributed by atoms with Crippen LogP contribution in [0.5, 0.6) is 0 Å². The minimum absolute atomic E-state index is 0.387. The average molecular weight is 172 g/mol. The Labute approximate surface area is 74.9 Å². The van der Waals surface area contributed by atoms with E-state index in [9.17, 15) is 5.11 Å². The SMILES string of the molecule is CC[C@H]1CC[C@H](C(O)OC)CC1. The third-order valence-electron chi connectivity index (χ3n) is 3.11. The Bertz CT molecular complexity index is 117. The molecular formula is C10H20O2. The van der Waals surface area contributed by atoms with E-state index in [1.54, 1.807) is 7.11 Å². The van der Waals surface area contributed by atoms with E-state index in [1.807, 2.05) is 0 Å². The van der Waals surface area contributed by atoms with Crippen LogP contribution in [-0.4, -0.2) is 18.5 Å². The zero-order valence-corrected chi connectivity index (χ0v) is 8.12. The fraction of sp³-hybridized carbons (Fsp3) is 1.00. The summed E-state index contributed by atoms with van der Waals surface area (Å²) in [6.45, 7) is 2.25. The van der Waals surface area contributed by atoms with Gasteiger partial charge in [0, 0.05) is 13.0 Å². The first kappa shape index (κ1) is 10.0. The number of hydrogen-bond donors (Lipinski definition) is 1. The summed E-state index contributed by atoms with van der Waals surface area (Å²) < 4.78 is 4.91. The Morgan fingerprint density at radius 2 is 1.92 bits per heavy atom. The maximum Gasteiger partial charge on any atom is 0.156 e. The Morgan fingerprint density at radius 1 is 1.33 bits per heavy atom. The van der Waals surface area contributed by atoms with Crippen LogP contribution in [0.2, 0.25) is 0 Å². The average Bonchev–Trinajstić information content (AvgIpc) is 2.17. The van der Waals surface area contributed by atoms with Gasteiger partial charge in [-0.2, -0.15) is 0 Å². The van der Waals surface area contributed by atoms with Crippen LogP contribution in [0.15, 0.2) is 0 Å². The van der Waals surface area contributed by atoms with Gasteiger partial charge in [0.1, 0.15) is 0 Å². The van der Waals surface area contributed by atoms with Gasteiger partial charge in [-0.15, -0.1) is 0 Å². The summed E-state index contributed by atoms with van der Waals surface area (Å²) in [6, 6.07) is 0. The van der Waals surface area contributed by atoms with Crippen LogP contribution in [0.4, 0.5) is 0 Å². The van der Waals surface area contributed by atoms with Gasteiger partial charge in [0.25, 0.3) is 0 Å². The predicted molar refractivity (Wildman–Crippen MR) is 48.8 cm³/mol. The fourth-order valence-corrected chi connectivity index (χ4v) is 2.07. The van der Waals surface area contributed by atoms with E-state index in [0.717, 1.165) is 18.8 Å². The highest BCUT2D eigenvalue weighted by Crippen LogP contribution is 2.32. The van der Waals surface area contributed by atoms with Crippen molar-refractivity contribution in [1.82, 2.24) is 0 Å². The molecule has 1 fully saturated rings. The molecule has 72 valence electrons. The lowest BCUT2D eigenvalue weighted by Gasteiger charge is -2.30.